The number of hydrogen-bond donors (Lipinski definition) is 4. The maximum atomic E-state index is 7.78. The van der Waals surface area contributed by atoms with Crippen molar-refractivity contribution in [1.82, 2.24) is 14.6 Å². The lowest BCUT2D eigenvalue weighted by Gasteiger charge is -2.18. The minimum Gasteiger partial charge on any atom is -0.384 e. The summed E-state index contributed by atoms with van der Waals surface area (Å²) in [4.78, 5) is 8.29. The van der Waals surface area contributed by atoms with Crippen LogP contribution in [0.25, 0.3) is 10.2 Å². The molecule has 8 heteroatoms. The lowest BCUT2D eigenvalue weighted by molar-refractivity contribution is 0.336. The predicted octanol–water partition coefficient (Wildman–Crippen LogP) is 4.55. The number of aromatic nitrogens is 1. The highest BCUT2D eigenvalue weighted by Crippen LogP contribution is 2.31. The van der Waals surface area contributed by atoms with E-state index in [-0.39, 0.29) is 11.9 Å². The first kappa shape index (κ1) is 24.4. The van der Waals surface area contributed by atoms with Gasteiger partial charge in [0.25, 0.3) is 0 Å². The van der Waals surface area contributed by atoms with Crippen LogP contribution in [0.3, 0.4) is 0 Å². The third kappa shape index (κ3) is 6.43. The molecule has 0 radical (unpaired) electrons. The van der Waals surface area contributed by atoms with Crippen LogP contribution < -0.4 is 16.2 Å². The molecule has 1 heterocycles. The maximum Gasteiger partial charge on any atom is 0.122 e. The summed E-state index contributed by atoms with van der Waals surface area (Å²) in [5, 5.41) is 8.82. The van der Waals surface area contributed by atoms with Crippen LogP contribution in [0, 0.1) is 5.41 Å². The molecule has 0 aliphatic carbocycles. The lowest BCUT2D eigenvalue weighted by atomic mass is 10.0. The van der Waals surface area contributed by atoms with Gasteiger partial charge in [-0.1, -0.05) is 42.5 Å². The van der Waals surface area contributed by atoms with Crippen molar-refractivity contribution in [1.29, 1.82) is 5.41 Å². The molecule has 0 saturated heterocycles. The van der Waals surface area contributed by atoms with E-state index < -0.39 is 0 Å². The lowest BCUT2D eigenvalue weighted by Crippen LogP contribution is -2.24. The molecule has 3 aromatic carbocycles. The smallest absolute Gasteiger partial charge is 0.122 e. The Morgan fingerprint density at radius 3 is 2.68 bits per heavy atom. The van der Waals surface area contributed by atoms with Gasteiger partial charge in [0.2, 0.25) is 0 Å². The number of hydrogen-bond acceptors (Lipinski definition) is 7. The molecule has 0 saturated carbocycles. The van der Waals surface area contributed by atoms with Gasteiger partial charge in [-0.2, -0.15) is 0 Å². The zero-order chi connectivity index (χ0) is 23.9. The van der Waals surface area contributed by atoms with Crippen molar-refractivity contribution >= 4 is 39.3 Å². The van der Waals surface area contributed by atoms with Crippen LogP contribution >= 0.6 is 23.3 Å². The summed E-state index contributed by atoms with van der Waals surface area (Å²) in [6.45, 7) is 2.39. The molecule has 0 fully saturated rings. The third-order valence-electron chi connectivity index (χ3n) is 5.47. The van der Waals surface area contributed by atoms with E-state index in [1.54, 1.807) is 23.3 Å². The molecular weight excluding hydrogens is 460 g/mol. The largest absolute Gasteiger partial charge is 0.384 e. The number of nitrogens with one attached hydrogen (secondary N) is 2. The Labute approximate surface area is 209 Å². The van der Waals surface area contributed by atoms with E-state index in [4.69, 9.17) is 21.9 Å². The molecule has 4 aromatic rings. The van der Waals surface area contributed by atoms with E-state index in [0.29, 0.717) is 6.54 Å². The first-order valence-electron chi connectivity index (χ1n) is 11.2. The Hall–Kier alpha value is -2.75. The maximum absolute atomic E-state index is 7.78. The number of nitrogen functional groups attached to an aromatic ring is 1. The number of nitrogens with two attached hydrogens (primary N) is 2. The molecule has 176 valence electrons. The molecule has 0 aliphatic rings. The number of para-hydroxylation sites is 1. The Morgan fingerprint density at radius 1 is 1.09 bits per heavy atom. The number of nitrogens with zero attached hydrogens (tertiary/aromatic N) is 2. The fraction of sp³-hybridized carbons (Fsp3) is 0.231. The summed E-state index contributed by atoms with van der Waals surface area (Å²) >= 11 is 3.34. The quantitative estimate of drug-likeness (QED) is 0.140. The molecule has 0 aliphatic heterocycles. The van der Waals surface area contributed by atoms with Gasteiger partial charge >= 0.3 is 0 Å². The SMILES string of the molecule is CN(CCN)Cc1cccc(SNC(Cc2cccc(C(=N)N)c2)c2nc3ccccc3s2)c1. The van der Waals surface area contributed by atoms with Gasteiger partial charge < -0.3 is 16.4 Å². The van der Waals surface area contributed by atoms with Crippen molar-refractivity contribution in [2.45, 2.75) is 23.9 Å². The van der Waals surface area contributed by atoms with Crippen LogP contribution in [0.1, 0.15) is 27.7 Å². The van der Waals surface area contributed by atoms with Gasteiger partial charge in [0.15, 0.2) is 0 Å². The molecule has 0 bridgehead atoms. The van der Waals surface area contributed by atoms with Crippen LogP contribution in [-0.2, 0) is 13.0 Å². The zero-order valence-corrected chi connectivity index (χ0v) is 20.8. The van der Waals surface area contributed by atoms with Gasteiger partial charge in [-0.25, -0.2) is 9.71 Å². The van der Waals surface area contributed by atoms with Crippen molar-refractivity contribution in [2.75, 3.05) is 20.1 Å². The molecule has 4 rings (SSSR count). The Bertz CT molecular complexity index is 1220. The normalized spacial score (nSPS) is 12.3. The molecule has 6 nitrogen and oxygen atoms in total. The minimum absolute atomic E-state index is 0.00757. The fourth-order valence-electron chi connectivity index (χ4n) is 3.78. The predicted molar refractivity (Wildman–Crippen MR) is 144 cm³/mol. The van der Waals surface area contributed by atoms with Crippen molar-refractivity contribution in [3.63, 3.8) is 0 Å². The highest BCUT2D eigenvalue weighted by Gasteiger charge is 2.18. The van der Waals surface area contributed by atoms with E-state index in [0.717, 1.165) is 46.1 Å². The average Bonchev–Trinajstić information content (AvgIpc) is 3.26. The Morgan fingerprint density at radius 2 is 1.88 bits per heavy atom. The number of fused-ring (bicyclic) bond motifs is 1. The van der Waals surface area contributed by atoms with Gasteiger partial charge in [-0.05, 0) is 66.9 Å². The molecule has 6 N–H and O–H groups in total. The van der Waals surface area contributed by atoms with Crippen molar-refractivity contribution in [3.8, 4) is 0 Å². The average molecular weight is 491 g/mol. The van der Waals surface area contributed by atoms with Crippen molar-refractivity contribution < 1.29 is 0 Å². The van der Waals surface area contributed by atoms with E-state index in [9.17, 15) is 0 Å². The van der Waals surface area contributed by atoms with Gasteiger partial charge in [0, 0.05) is 30.1 Å². The molecular formula is C26H30N6S2. The van der Waals surface area contributed by atoms with Gasteiger partial charge in [-0.15, -0.1) is 11.3 Å². The molecule has 0 amide bonds. The number of thiazole rings is 1. The van der Waals surface area contributed by atoms with Gasteiger partial charge in [-0.3, -0.25) is 5.41 Å². The summed E-state index contributed by atoms with van der Waals surface area (Å²) in [6.07, 6.45) is 0.743. The van der Waals surface area contributed by atoms with Crippen LogP contribution in [0.5, 0.6) is 0 Å². The molecule has 1 unspecified atom stereocenters. The summed E-state index contributed by atoms with van der Waals surface area (Å²) in [6, 6.07) is 24.7. The highest BCUT2D eigenvalue weighted by atomic mass is 32.2. The summed E-state index contributed by atoms with van der Waals surface area (Å²) < 4.78 is 4.84. The van der Waals surface area contributed by atoms with E-state index in [2.05, 4.69) is 59.1 Å². The standard InChI is InChI=1S/C26H30N6S2/c1-32(13-12-27)17-19-7-5-9-21(15-19)34-31-23(16-18-6-4-8-20(14-18)25(28)29)26-30-22-10-2-3-11-24(22)33-26/h2-11,14-15,23,31H,12-13,16-17,27H2,1H3,(H3,28,29). The second-order valence-corrected chi connectivity index (χ2v) is 10.3. The summed E-state index contributed by atoms with van der Waals surface area (Å²) in [5.41, 5.74) is 15.5. The third-order valence-corrected chi connectivity index (χ3v) is 7.51. The van der Waals surface area contributed by atoms with Crippen molar-refractivity contribution in [2.24, 2.45) is 11.5 Å². The first-order chi connectivity index (χ1) is 16.5. The monoisotopic (exact) mass is 490 g/mol. The molecule has 1 aromatic heterocycles. The van der Waals surface area contributed by atoms with Crippen molar-refractivity contribution in [3.05, 3.63) is 94.5 Å². The fourth-order valence-corrected chi connectivity index (χ4v) is 5.70. The number of benzene rings is 3. The van der Waals surface area contributed by atoms with Crippen LogP contribution in [-0.4, -0.2) is 35.9 Å². The number of amidine groups is 1. The topological polar surface area (TPSA) is 104 Å². The van der Waals surface area contributed by atoms with Gasteiger partial charge in [0.1, 0.15) is 10.8 Å². The van der Waals surface area contributed by atoms with E-state index in [1.807, 2.05) is 30.3 Å². The first-order valence-corrected chi connectivity index (χ1v) is 12.8. The van der Waals surface area contributed by atoms with E-state index in [1.165, 1.54) is 10.3 Å². The Balaban J connectivity index is 1.55. The minimum atomic E-state index is 0.00757. The molecule has 1 atom stereocenters. The van der Waals surface area contributed by atoms with Crippen LogP contribution in [0.4, 0.5) is 0 Å². The van der Waals surface area contributed by atoms with Gasteiger partial charge in [0.05, 0.1) is 16.3 Å². The number of likely N-dealkylation sites (N-methyl/N-ethyl adjacent to an activating group) is 1. The second kappa shape index (κ2) is 11.6. The number of rotatable bonds is 11. The van der Waals surface area contributed by atoms with Crippen LogP contribution in [0.2, 0.25) is 0 Å². The van der Waals surface area contributed by atoms with Crippen LogP contribution in [0.15, 0.2) is 77.7 Å². The summed E-state index contributed by atoms with van der Waals surface area (Å²) in [5.74, 6) is 0.0807. The Kier molecular flexibility index (Phi) is 8.31. The van der Waals surface area contributed by atoms with E-state index >= 15 is 0 Å². The second-order valence-electron chi connectivity index (χ2n) is 8.28. The highest BCUT2D eigenvalue weighted by molar-refractivity contribution is 7.97. The summed E-state index contributed by atoms with van der Waals surface area (Å²) in [7, 11) is 2.09. The zero-order valence-electron chi connectivity index (χ0n) is 19.2. The molecule has 0 spiro atoms. The molecule has 34 heavy (non-hydrogen) atoms.